The molecule has 2 heterocycles. The molecule has 2 saturated heterocycles. The Morgan fingerprint density at radius 2 is 1.72 bits per heavy atom. The average Bonchev–Trinajstić information content (AvgIpc) is 3.51. The molecule has 9 heteroatoms. The Labute approximate surface area is 233 Å². The van der Waals surface area contributed by atoms with Crippen LogP contribution in [-0.4, -0.2) is 72.7 Å². The molecule has 3 aliphatic rings. The molecule has 1 aromatic rings. The number of nitrogens with zero attached hydrogens (tertiary/aromatic N) is 2. The van der Waals surface area contributed by atoms with Gasteiger partial charge in [-0.05, 0) is 50.5 Å². The van der Waals surface area contributed by atoms with Gasteiger partial charge in [-0.1, -0.05) is 62.9 Å². The van der Waals surface area contributed by atoms with Crippen molar-refractivity contribution in [3.8, 4) is 0 Å². The molecule has 5 atom stereocenters. The van der Waals surface area contributed by atoms with Gasteiger partial charge in [-0.2, -0.15) is 4.31 Å². The lowest BCUT2D eigenvalue weighted by molar-refractivity contribution is -0.141. The molecule has 2 amide bonds. The number of rotatable bonds is 10. The number of benzene rings is 1. The topological polar surface area (TPSA) is 104 Å². The molecule has 1 aromatic carbocycles. The van der Waals surface area contributed by atoms with E-state index in [1.807, 2.05) is 45.0 Å². The maximum atomic E-state index is 14.2. The van der Waals surface area contributed by atoms with Crippen LogP contribution >= 0.6 is 0 Å². The van der Waals surface area contributed by atoms with E-state index in [0.29, 0.717) is 32.2 Å². The third-order valence-corrected chi connectivity index (χ3v) is 10.5. The van der Waals surface area contributed by atoms with Crippen LogP contribution in [0, 0.1) is 24.7 Å². The van der Waals surface area contributed by atoms with Gasteiger partial charge in [0.1, 0.15) is 11.8 Å². The summed E-state index contributed by atoms with van der Waals surface area (Å²) in [5.41, 5.74) is 2.22. The summed E-state index contributed by atoms with van der Waals surface area (Å²) in [4.78, 5) is 42.5. The maximum absolute atomic E-state index is 14.2. The lowest BCUT2D eigenvalue weighted by atomic mass is 9.82. The second kappa shape index (κ2) is 12.5. The summed E-state index contributed by atoms with van der Waals surface area (Å²) in [6, 6.07) is 6.53. The Morgan fingerprint density at radius 3 is 2.33 bits per heavy atom. The van der Waals surface area contributed by atoms with Crippen molar-refractivity contribution in [3.63, 3.8) is 0 Å². The van der Waals surface area contributed by atoms with Gasteiger partial charge < -0.3 is 10.2 Å². The number of carbonyl (C=O) groups excluding carboxylic acids is 3. The number of hydrogen-bond donors (Lipinski definition) is 1. The summed E-state index contributed by atoms with van der Waals surface area (Å²) >= 11 is 0. The average molecular weight is 560 g/mol. The van der Waals surface area contributed by atoms with Crippen molar-refractivity contribution in [2.45, 2.75) is 96.7 Å². The third-order valence-electron chi connectivity index (χ3n) is 9.23. The van der Waals surface area contributed by atoms with E-state index in [4.69, 9.17) is 0 Å². The first-order valence-electron chi connectivity index (χ1n) is 14.7. The van der Waals surface area contributed by atoms with Crippen molar-refractivity contribution in [3.05, 3.63) is 35.4 Å². The molecule has 0 radical (unpaired) electrons. The van der Waals surface area contributed by atoms with Crippen LogP contribution in [0.4, 0.5) is 0 Å². The van der Waals surface area contributed by atoms with Crippen LogP contribution in [0.15, 0.2) is 24.3 Å². The standard InChI is InChI=1S/C30H45N3O5S/c1-5-21(3)29(35)31-27(23-9-7-6-8-10-23)30(36)32-18-17-25-28(32)24(19-33(25)39(4,37)38)26(34)16-15-22-13-11-20(2)12-14-22/h11-14,21,23-25,27-28H,5-10,15-19H2,1-4H3,(H,31,35)/t21-,24-,25-,27+,28-/m1/s1. The minimum absolute atomic E-state index is 0.00529. The Morgan fingerprint density at radius 1 is 1.05 bits per heavy atom. The molecule has 0 aromatic heterocycles. The fourth-order valence-corrected chi connectivity index (χ4v) is 7.84. The Balaban J connectivity index is 1.58. The van der Waals surface area contributed by atoms with Gasteiger partial charge in [0.25, 0.3) is 0 Å². The second-order valence-electron chi connectivity index (χ2n) is 12.0. The van der Waals surface area contributed by atoms with Gasteiger partial charge in [0.05, 0.1) is 18.2 Å². The first-order chi connectivity index (χ1) is 18.5. The molecule has 1 aliphatic carbocycles. The predicted octanol–water partition coefficient (Wildman–Crippen LogP) is 3.47. The van der Waals surface area contributed by atoms with E-state index in [0.717, 1.165) is 43.2 Å². The quantitative estimate of drug-likeness (QED) is 0.473. The van der Waals surface area contributed by atoms with Crippen molar-refractivity contribution < 1.29 is 22.8 Å². The van der Waals surface area contributed by atoms with Crippen molar-refractivity contribution in [1.82, 2.24) is 14.5 Å². The minimum atomic E-state index is -3.55. The summed E-state index contributed by atoms with van der Waals surface area (Å²) in [7, 11) is -3.55. The fraction of sp³-hybridized carbons (Fsp3) is 0.700. The Bertz CT molecular complexity index is 1150. The largest absolute Gasteiger partial charge is 0.344 e. The number of nitrogens with one attached hydrogen (secondary N) is 1. The highest BCUT2D eigenvalue weighted by Gasteiger charge is 2.55. The Hall–Kier alpha value is -2.26. The zero-order chi connectivity index (χ0) is 28.3. The van der Waals surface area contributed by atoms with E-state index in [2.05, 4.69) is 5.32 Å². The SMILES string of the molecule is CC[C@@H](C)C(=O)N[C@H](C(=O)N1CC[C@@H]2[C@H]1[C@@H](C(=O)CCc1ccc(C)cc1)CN2S(C)(=O)=O)C1CCCCC1. The van der Waals surface area contributed by atoms with Crippen LogP contribution in [0.25, 0.3) is 0 Å². The van der Waals surface area contributed by atoms with Crippen molar-refractivity contribution in [2.24, 2.45) is 17.8 Å². The number of fused-ring (bicyclic) bond motifs is 1. The van der Waals surface area contributed by atoms with Crippen LogP contribution in [0.3, 0.4) is 0 Å². The zero-order valence-corrected chi connectivity index (χ0v) is 24.7. The molecule has 1 saturated carbocycles. The predicted molar refractivity (Wildman–Crippen MR) is 151 cm³/mol. The molecule has 0 unspecified atom stereocenters. The van der Waals surface area contributed by atoms with E-state index in [-0.39, 0.29) is 36.0 Å². The fourth-order valence-electron chi connectivity index (χ4n) is 6.68. The minimum Gasteiger partial charge on any atom is -0.344 e. The van der Waals surface area contributed by atoms with Crippen molar-refractivity contribution in [2.75, 3.05) is 19.3 Å². The van der Waals surface area contributed by atoms with E-state index in [9.17, 15) is 22.8 Å². The second-order valence-corrected chi connectivity index (χ2v) is 13.9. The van der Waals surface area contributed by atoms with Crippen LogP contribution < -0.4 is 5.32 Å². The number of Topliss-reactive ketones (excluding diaryl/α,β-unsaturated/α-hetero) is 1. The number of likely N-dealkylation sites (tertiary alicyclic amines) is 1. The van der Waals surface area contributed by atoms with Gasteiger partial charge in [-0.25, -0.2) is 8.42 Å². The summed E-state index contributed by atoms with van der Waals surface area (Å²) < 4.78 is 26.9. The number of ketones is 1. The molecule has 0 bridgehead atoms. The molecular weight excluding hydrogens is 514 g/mol. The van der Waals surface area contributed by atoms with Gasteiger partial charge in [0, 0.05) is 31.5 Å². The molecule has 1 N–H and O–H groups in total. The summed E-state index contributed by atoms with van der Waals surface area (Å²) in [6.45, 7) is 6.35. The third kappa shape index (κ3) is 6.73. The molecule has 3 fully saturated rings. The summed E-state index contributed by atoms with van der Waals surface area (Å²) in [5, 5.41) is 3.08. The zero-order valence-electron chi connectivity index (χ0n) is 23.9. The van der Waals surface area contributed by atoms with Gasteiger partial charge in [0.15, 0.2) is 0 Å². The van der Waals surface area contributed by atoms with Crippen molar-refractivity contribution >= 4 is 27.6 Å². The van der Waals surface area contributed by atoms with Gasteiger partial charge in [-0.15, -0.1) is 0 Å². The molecule has 0 spiro atoms. The normalized spacial score (nSPS) is 25.7. The molecule has 8 nitrogen and oxygen atoms in total. The number of hydrogen-bond acceptors (Lipinski definition) is 5. The van der Waals surface area contributed by atoms with Crippen LogP contribution in [0.5, 0.6) is 0 Å². The lowest BCUT2D eigenvalue weighted by Crippen LogP contribution is -2.56. The van der Waals surface area contributed by atoms with Crippen LogP contribution in [-0.2, 0) is 30.8 Å². The highest BCUT2D eigenvalue weighted by molar-refractivity contribution is 7.88. The lowest BCUT2D eigenvalue weighted by Gasteiger charge is -2.36. The highest BCUT2D eigenvalue weighted by Crippen LogP contribution is 2.39. The summed E-state index contributed by atoms with van der Waals surface area (Å²) in [5.74, 6) is -0.988. The van der Waals surface area contributed by atoms with E-state index in [1.54, 1.807) is 4.90 Å². The molecule has 216 valence electrons. The summed E-state index contributed by atoms with van der Waals surface area (Å²) in [6.07, 6.45) is 8.21. The van der Waals surface area contributed by atoms with E-state index >= 15 is 0 Å². The number of carbonyl (C=O) groups is 3. The smallest absolute Gasteiger partial charge is 0.245 e. The Kier molecular flexibility index (Phi) is 9.53. The highest BCUT2D eigenvalue weighted by atomic mass is 32.2. The number of aryl methyl sites for hydroxylation is 2. The molecule has 4 rings (SSSR count). The van der Waals surface area contributed by atoms with Gasteiger partial charge in [0.2, 0.25) is 21.8 Å². The van der Waals surface area contributed by atoms with Gasteiger partial charge in [-0.3, -0.25) is 14.4 Å². The molecule has 2 aliphatic heterocycles. The first kappa shape index (κ1) is 29.7. The molecular formula is C30H45N3O5S. The van der Waals surface area contributed by atoms with Crippen LogP contribution in [0.1, 0.15) is 76.3 Å². The van der Waals surface area contributed by atoms with Gasteiger partial charge >= 0.3 is 0 Å². The number of sulfonamides is 1. The van der Waals surface area contributed by atoms with Crippen LogP contribution in [0.2, 0.25) is 0 Å². The van der Waals surface area contributed by atoms with E-state index < -0.39 is 34.1 Å². The van der Waals surface area contributed by atoms with E-state index in [1.165, 1.54) is 10.6 Å². The number of amides is 2. The first-order valence-corrected chi connectivity index (χ1v) is 16.5. The molecule has 39 heavy (non-hydrogen) atoms. The van der Waals surface area contributed by atoms with Crippen molar-refractivity contribution in [1.29, 1.82) is 0 Å². The maximum Gasteiger partial charge on any atom is 0.245 e. The monoisotopic (exact) mass is 559 g/mol.